The van der Waals surface area contributed by atoms with Gasteiger partial charge in [-0.25, -0.2) is 0 Å². The van der Waals surface area contributed by atoms with Crippen LogP contribution in [0.2, 0.25) is 0 Å². The highest BCUT2D eigenvalue weighted by molar-refractivity contribution is 5.87. The number of carbonyl (C=O) groups excluding carboxylic acids is 2. The van der Waals surface area contributed by atoms with Gasteiger partial charge in [-0.05, 0) is 18.8 Å². The summed E-state index contributed by atoms with van der Waals surface area (Å²) in [6.07, 6.45) is 2.43. The number of carbonyl (C=O) groups is 2. The lowest BCUT2D eigenvalue weighted by Crippen LogP contribution is -2.44. The number of aliphatic hydroxyl groups excluding tert-OH is 1. The minimum absolute atomic E-state index is 0.105. The number of hydrogen-bond acceptors (Lipinski definition) is 4. The smallest absolute Gasteiger partial charge is 0.237 e. The van der Waals surface area contributed by atoms with Crippen molar-refractivity contribution in [3.8, 4) is 0 Å². The lowest BCUT2D eigenvalue weighted by Gasteiger charge is -2.17. The Morgan fingerprint density at radius 1 is 1.35 bits per heavy atom. The van der Waals surface area contributed by atoms with Crippen LogP contribution in [0.25, 0.3) is 0 Å². The van der Waals surface area contributed by atoms with Crippen LogP contribution in [0.5, 0.6) is 0 Å². The van der Waals surface area contributed by atoms with Crippen LogP contribution in [0.1, 0.15) is 32.6 Å². The van der Waals surface area contributed by atoms with Crippen molar-refractivity contribution in [2.24, 2.45) is 17.4 Å². The summed E-state index contributed by atoms with van der Waals surface area (Å²) in [5, 5.41) is 11.5. The largest absolute Gasteiger partial charge is 0.396 e. The van der Waals surface area contributed by atoms with E-state index in [-0.39, 0.29) is 24.9 Å². The van der Waals surface area contributed by atoms with Gasteiger partial charge in [0, 0.05) is 13.2 Å². The van der Waals surface area contributed by atoms with Gasteiger partial charge in [0.1, 0.15) is 0 Å². The molecule has 0 aliphatic heterocycles. The van der Waals surface area contributed by atoms with Gasteiger partial charge >= 0.3 is 0 Å². The predicted molar refractivity (Wildman–Crippen MR) is 64.9 cm³/mol. The molecule has 2 atom stereocenters. The van der Waals surface area contributed by atoms with Crippen LogP contribution in [0.3, 0.4) is 0 Å². The first-order valence-electron chi connectivity index (χ1n) is 5.93. The topological polar surface area (TPSA) is 118 Å². The molecule has 0 fully saturated rings. The summed E-state index contributed by atoms with van der Waals surface area (Å²) < 4.78 is 0. The van der Waals surface area contributed by atoms with E-state index < -0.39 is 11.9 Å². The Morgan fingerprint density at radius 3 is 2.47 bits per heavy atom. The fourth-order valence-electron chi connectivity index (χ4n) is 1.62. The van der Waals surface area contributed by atoms with Crippen LogP contribution in [0.15, 0.2) is 0 Å². The number of nitrogens with one attached hydrogen (secondary N) is 1. The molecule has 2 unspecified atom stereocenters. The second kappa shape index (κ2) is 8.95. The van der Waals surface area contributed by atoms with Crippen LogP contribution >= 0.6 is 0 Å². The lowest BCUT2D eigenvalue weighted by molar-refractivity contribution is -0.126. The maximum atomic E-state index is 11.5. The predicted octanol–water partition coefficient (Wildman–Crippen LogP) is -0.896. The summed E-state index contributed by atoms with van der Waals surface area (Å²) in [7, 11) is 0. The van der Waals surface area contributed by atoms with Crippen molar-refractivity contribution in [1.29, 1.82) is 0 Å². The van der Waals surface area contributed by atoms with Crippen molar-refractivity contribution in [3.63, 3.8) is 0 Å². The van der Waals surface area contributed by atoms with Crippen LogP contribution < -0.4 is 16.8 Å². The van der Waals surface area contributed by atoms with Gasteiger partial charge in [0.05, 0.1) is 12.5 Å². The fourth-order valence-corrected chi connectivity index (χ4v) is 1.62. The molecule has 2 amide bonds. The first-order valence-corrected chi connectivity index (χ1v) is 5.93. The minimum atomic E-state index is -0.885. The Balaban J connectivity index is 3.97. The Hall–Kier alpha value is -1.14. The summed E-state index contributed by atoms with van der Waals surface area (Å²) >= 11 is 0. The van der Waals surface area contributed by atoms with Gasteiger partial charge in [0.25, 0.3) is 0 Å². The van der Waals surface area contributed by atoms with Crippen molar-refractivity contribution < 1.29 is 14.7 Å². The third-order valence-electron chi connectivity index (χ3n) is 2.56. The lowest BCUT2D eigenvalue weighted by atomic mass is 10.00. The standard InChI is InChI=1S/C11H23N3O3/c1-2-3-8(4-5-15)7-14-11(17)9(12)6-10(13)16/h8-9,15H,2-7,12H2,1H3,(H2,13,16)(H,14,17). The van der Waals surface area contributed by atoms with E-state index in [2.05, 4.69) is 5.32 Å². The molecule has 6 nitrogen and oxygen atoms in total. The van der Waals surface area contributed by atoms with Gasteiger partial charge in [0.2, 0.25) is 11.8 Å². The molecule has 0 aliphatic carbocycles. The summed E-state index contributed by atoms with van der Waals surface area (Å²) in [6.45, 7) is 2.62. The van der Waals surface area contributed by atoms with Crippen molar-refractivity contribution in [2.45, 2.75) is 38.6 Å². The van der Waals surface area contributed by atoms with Crippen LogP contribution in [0.4, 0.5) is 0 Å². The van der Waals surface area contributed by atoms with Gasteiger partial charge in [0.15, 0.2) is 0 Å². The summed E-state index contributed by atoms with van der Waals surface area (Å²) in [5.74, 6) is -0.717. The maximum absolute atomic E-state index is 11.5. The van der Waals surface area contributed by atoms with Crippen molar-refractivity contribution in [3.05, 3.63) is 0 Å². The van der Waals surface area contributed by atoms with E-state index in [4.69, 9.17) is 16.6 Å². The SMILES string of the molecule is CCCC(CCO)CNC(=O)C(N)CC(N)=O. The average molecular weight is 245 g/mol. The Morgan fingerprint density at radius 2 is 2.00 bits per heavy atom. The molecule has 0 saturated carbocycles. The van der Waals surface area contributed by atoms with E-state index in [9.17, 15) is 9.59 Å². The highest BCUT2D eigenvalue weighted by atomic mass is 16.3. The molecule has 0 radical (unpaired) electrons. The molecule has 0 aromatic carbocycles. The first-order chi connectivity index (χ1) is 8.01. The molecule has 6 heteroatoms. The summed E-state index contributed by atoms with van der Waals surface area (Å²) in [6, 6.07) is -0.885. The highest BCUT2D eigenvalue weighted by Gasteiger charge is 2.17. The molecular formula is C11H23N3O3. The molecule has 0 spiro atoms. The Labute approximate surface area is 102 Å². The average Bonchev–Trinajstić information content (AvgIpc) is 2.25. The Bertz CT molecular complexity index is 240. The number of nitrogens with two attached hydrogens (primary N) is 2. The van der Waals surface area contributed by atoms with Crippen LogP contribution in [-0.2, 0) is 9.59 Å². The van der Waals surface area contributed by atoms with Crippen molar-refractivity contribution >= 4 is 11.8 Å². The third-order valence-corrected chi connectivity index (χ3v) is 2.56. The summed E-state index contributed by atoms with van der Waals surface area (Å²) in [4.78, 5) is 22.1. The second-order valence-electron chi connectivity index (χ2n) is 4.19. The number of rotatable bonds is 9. The quantitative estimate of drug-likeness (QED) is 0.421. The summed E-state index contributed by atoms with van der Waals surface area (Å²) in [5.41, 5.74) is 10.4. The molecule has 0 aliphatic rings. The van der Waals surface area contributed by atoms with Gasteiger partial charge in [-0.15, -0.1) is 0 Å². The van der Waals surface area contributed by atoms with Gasteiger partial charge in [-0.1, -0.05) is 13.3 Å². The third kappa shape index (κ3) is 7.70. The zero-order valence-electron chi connectivity index (χ0n) is 10.3. The van der Waals surface area contributed by atoms with Crippen LogP contribution in [0, 0.1) is 5.92 Å². The molecule has 0 aromatic heterocycles. The number of hydrogen-bond donors (Lipinski definition) is 4. The van der Waals surface area contributed by atoms with Crippen molar-refractivity contribution in [2.75, 3.05) is 13.2 Å². The number of primary amides is 1. The molecule has 17 heavy (non-hydrogen) atoms. The van der Waals surface area contributed by atoms with E-state index in [0.29, 0.717) is 13.0 Å². The first kappa shape index (κ1) is 15.9. The number of amides is 2. The molecule has 0 bridgehead atoms. The molecule has 0 saturated heterocycles. The van der Waals surface area contributed by atoms with Gasteiger partial charge in [-0.3, -0.25) is 9.59 Å². The monoisotopic (exact) mass is 245 g/mol. The molecule has 0 rings (SSSR count). The molecule has 0 heterocycles. The van der Waals surface area contributed by atoms with E-state index in [1.165, 1.54) is 0 Å². The molecule has 6 N–H and O–H groups in total. The van der Waals surface area contributed by atoms with E-state index in [1.807, 2.05) is 6.92 Å². The van der Waals surface area contributed by atoms with Gasteiger partial charge < -0.3 is 21.9 Å². The van der Waals surface area contributed by atoms with Crippen LogP contribution in [-0.4, -0.2) is 36.1 Å². The molecule has 0 aromatic rings. The maximum Gasteiger partial charge on any atom is 0.237 e. The highest BCUT2D eigenvalue weighted by Crippen LogP contribution is 2.09. The number of aliphatic hydroxyl groups is 1. The minimum Gasteiger partial charge on any atom is -0.396 e. The second-order valence-corrected chi connectivity index (χ2v) is 4.19. The zero-order chi connectivity index (χ0) is 13.3. The fraction of sp³-hybridized carbons (Fsp3) is 0.818. The molecular weight excluding hydrogens is 222 g/mol. The Kier molecular flexibility index (Phi) is 8.35. The van der Waals surface area contributed by atoms with E-state index in [0.717, 1.165) is 12.8 Å². The van der Waals surface area contributed by atoms with E-state index in [1.54, 1.807) is 0 Å². The van der Waals surface area contributed by atoms with E-state index >= 15 is 0 Å². The van der Waals surface area contributed by atoms with Crippen molar-refractivity contribution in [1.82, 2.24) is 5.32 Å². The van der Waals surface area contributed by atoms with Gasteiger partial charge in [-0.2, -0.15) is 0 Å². The normalized spacial score (nSPS) is 14.1. The zero-order valence-corrected chi connectivity index (χ0v) is 10.3. The molecule has 100 valence electrons.